The zero-order chi connectivity index (χ0) is 9.10. The SMILES string of the molecule is Brc1ccc(COC2CCOC2)s1. The van der Waals surface area contributed by atoms with Gasteiger partial charge in [-0.3, -0.25) is 0 Å². The van der Waals surface area contributed by atoms with Crippen molar-refractivity contribution < 1.29 is 9.47 Å². The van der Waals surface area contributed by atoms with Crippen molar-refractivity contribution in [2.75, 3.05) is 13.2 Å². The number of halogens is 1. The van der Waals surface area contributed by atoms with E-state index in [2.05, 4.69) is 28.1 Å². The highest BCUT2D eigenvalue weighted by atomic mass is 79.9. The number of ether oxygens (including phenoxy) is 2. The number of hydrogen-bond donors (Lipinski definition) is 0. The van der Waals surface area contributed by atoms with E-state index in [1.807, 2.05) is 0 Å². The average molecular weight is 263 g/mol. The molecule has 0 saturated carbocycles. The third-order valence-electron chi connectivity index (χ3n) is 1.98. The second kappa shape index (κ2) is 4.55. The van der Waals surface area contributed by atoms with Crippen LogP contribution in [0.3, 0.4) is 0 Å². The molecule has 1 aromatic rings. The summed E-state index contributed by atoms with van der Waals surface area (Å²) in [5.74, 6) is 0. The topological polar surface area (TPSA) is 18.5 Å². The molecule has 1 atom stereocenters. The zero-order valence-electron chi connectivity index (χ0n) is 7.16. The van der Waals surface area contributed by atoms with Crippen LogP contribution in [-0.2, 0) is 16.1 Å². The lowest BCUT2D eigenvalue weighted by atomic mass is 10.3. The molecule has 1 fully saturated rings. The number of hydrogen-bond acceptors (Lipinski definition) is 3. The lowest BCUT2D eigenvalue weighted by Crippen LogP contribution is -2.11. The van der Waals surface area contributed by atoms with E-state index >= 15 is 0 Å². The third kappa shape index (κ3) is 2.77. The van der Waals surface area contributed by atoms with Crippen molar-refractivity contribution in [3.63, 3.8) is 0 Å². The Bertz CT molecular complexity index is 268. The maximum atomic E-state index is 5.67. The molecule has 0 radical (unpaired) electrons. The van der Waals surface area contributed by atoms with Crippen molar-refractivity contribution in [1.29, 1.82) is 0 Å². The average Bonchev–Trinajstić information content (AvgIpc) is 2.71. The second-order valence-corrected chi connectivity index (χ2v) is 5.55. The van der Waals surface area contributed by atoms with Gasteiger partial charge in [0.1, 0.15) is 0 Å². The summed E-state index contributed by atoms with van der Waals surface area (Å²) in [6, 6.07) is 4.14. The molecule has 0 aromatic carbocycles. The van der Waals surface area contributed by atoms with Crippen LogP contribution in [0.2, 0.25) is 0 Å². The van der Waals surface area contributed by atoms with Crippen molar-refractivity contribution in [2.45, 2.75) is 19.1 Å². The largest absolute Gasteiger partial charge is 0.379 e. The normalized spacial score (nSPS) is 22.4. The second-order valence-electron chi connectivity index (χ2n) is 3.00. The molecular formula is C9H11BrO2S. The molecule has 2 nitrogen and oxygen atoms in total. The van der Waals surface area contributed by atoms with E-state index in [0.717, 1.165) is 23.4 Å². The molecule has 0 amide bonds. The fourth-order valence-corrected chi connectivity index (χ4v) is 2.68. The first-order valence-corrected chi connectivity index (χ1v) is 5.89. The Morgan fingerprint density at radius 1 is 1.62 bits per heavy atom. The standard InChI is InChI=1S/C9H11BrO2S/c10-9-2-1-8(13-9)6-12-7-3-4-11-5-7/h1-2,7H,3-6H2. The third-order valence-corrected chi connectivity index (χ3v) is 3.58. The fraction of sp³-hybridized carbons (Fsp3) is 0.556. The van der Waals surface area contributed by atoms with Gasteiger partial charge in [0.25, 0.3) is 0 Å². The first kappa shape index (κ1) is 9.65. The maximum absolute atomic E-state index is 5.67. The molecule has 72 valence electrons. The van der Waals surface area contributed by atoms with Crippen LogP contribution >= 0.6 is 27.3 Å². The van der Waals surface area contributed by atoms with Crippen LogP contribution in [0.15, 0.2) is 15.9 Å². The van der Waals surface area contributed by atoms with Crippen molar-refractivity contribution in [2.24, 2.45) is 0 Å². The highest BCUT2D eigenvalue weighted by molar-refractivity contribution is 9.11. The quantitative estimate of drug-likeness (QED) is 0.834. The van der Waals surface area contributed by atoms with Gasteiger partial charge in [-0.05, 0) is 34.5 Å². The first-order valence-electron chi connectivity index (χ1n) is 4.28. The van der Waals surface area contributed by atoms with Gasteiger partial charge in [-0.1, -0.05) is 0 Å². The van der Waals surface area contributed by atoms with Crippen LogP contribution in [0.1, 0.15) is 11.3 Å². The Hall–Kier alpha value is 0.1000. The summed E-state index contributed by atoms with van der Waals surface area (Å²) in [6.45, 7) is 2.32. The molecular weight excluding hydrogens is 252 g/mol. The molecule has 1 unspecified atom stereocenters. The van der Waals surface area contributed by atoms with Gasteiger partial charge in [0.05, 0.1) is 23.1 Å². The summed E-state index contributed by atoms with van der Waals surface area (Å²) in [5.41, 5.74) is 0. The lowest BCUT2D eigenvalue weighted by molar-refractivity contribution is 0.0331. The predicted molar refractivity (Wildman–Crippen MR) is 56.0 cm³/mol. The van der Waals surface area contributed by atoms with E-state index in [1.54, 1.807) is 11.3 Å². The molecule has 0 N–H and O–H groups in total. The van der Waals surface area contributed by atoms with Gasteiger partial charge in [0, 0.05) is 11.5 Å². The smallest absolute Gasteiger partial charge is 0.0835 e. The van der Waals surface area contributed by atoms with E-state index in [-0.39, 0.29) is 0 Å². The van der Waals surface area contributed by atoms with E-state index in [9.17, 15) is 0 Å². The molecule has 2 rings (SSSR count). The summed E-state index contributed by atoms with van der Waals surface area (Å²) in [7, 11) is 0. The molecule has 1 saturated heterocycles. The number of thiophene rings is 1. The van der Waals surface area contributed by atoms with Gasteiger partial charge in [-0.15, -0.1) is 11.3 Å². The van der Waals surface area contributed by atoms with Gasteiger partial charge in [-0.2, -0.15) is 0 Å². The van der Waals surface area contributed by atoms with Crippen molar-refractivity contribution in [1.82, 2.24) is 0 Å². The molecule has 1 aromatic heterocycles. The molecule has 0 aliphatic carbocycles. The van der Waals surface area contributed by atoms with Crippen LogP contribution < -0.4 is 0 Å². The van der Waals surface area contributed by atoms with Crippen LogP contribution in [0.5, 0.6) is 0 Å². The minimum Gasteiger partial charge on any atom is -0.379 e. The molecule has 0 spiro atoms. The van der Waals surface area contributed by atoms with Crippen molar-refractivity contribution in [3.8, 4) is 0 Å². The van der Waals surface area contributed by atoms with Crippen molar-refractivity contribution >= 4 is 27.3 Å². The zero-order valence-corrected chi connectivity index (χ0v) is 9.57. The minimum absolute atomic E-state index is 0.306. The van der Waals surface area contributed by atoms with E-state index < -0.39 is 0 Å². The van der Waals surface area contributed by atoms with Crippen LogP contribution in [0, 0.1) is 0 Å². The van der Waals surface area contributed by atoms with E-state index in [4.69, 9.17) is 9.47 Å². The molecule has 1 aliphatic rings. The van der Waals surface area contributed by atoms with Gasteiger partial charge in [0.2, 0.25) is 0 Å². The summed E-state index contributed by atoms with van der Waals surface area (Å²) < 4.78 is 12.0. The monoisotopic (exact) mass is 262 g/mol. The van der Waals surface area contributed by atoms with E-state index in [0.29, 0.717) is 12.7 Å². The maximum Gasteiger partial charge on any atom is 0.0835 e. The summed E-state index contributed by atoms with van der Waals surface area (Å²) >= 11 is 5.15. The minimum atomic E-state index is 0.306. The molecule has 4 heteroatoms. The summed E-state index contributed by atoms with van der Waals surface area (Å²) in [5, 5.41) is 0. The lowest BCUT2D eigenvalue weighted by Gasteiger charge is -2.07. The highest BCUT2D eigenvalue weighted by Crippen LogP contribution is 2.23. The van der Waals surface area contributed by atoms with Crippen molar-refractivity contribution in [3.05, 3.63) is 20.8 Å². The van der Waals surface area contributed by atoms with Gasteiger partial charge in [0.15, 0.2) is 0 Å². The first-order chi connectivity index (χ1) is 6.34. The fourth-order valence-electron chi connectivity index (χ4n) is 1.27. The Labute approximate surface area is 90.0 Å². The molecule has 0 bridgehead atoms. The van der Waals surface area contributed by atoms with Gasteiger partial charge in [-0.25, -0.2) is 0 Å². The predicted octanol–water partition coefficient (Wildman–Crippen LogP) is 2.82. The molecule has 2 heterocycles. The van der Waals surface area contributed by atoms with Gasteiger partial charge >= 0.3 is 0 Å². The van der Waals surface area contributed by atoms with Gasteiger partial charge < -0.3 is 9.47 Å². The van der Waals surface area contributed by atoms with E-state index in [1.165, 1.54) is 4.88 Å². The number of rotatable bonds is 3. The summed E-state index contributed by atoms with van der Waals surface area (Å²) in [4.78, 5) is 1.26. The van der Waals surface area contributed by atoms with Crippen LogP contribution in [0.25, 0.3) is 0 Å². The Morgan fingerprint density at radius 2 is 2.54 bits per heavy atom. The summed E-state index contributed by atoms with van der Waals surface area (Å²) in [6.07, 6.45) is 1.34. The Balaban J connectivity index is 1.78. The Kier molecular flexibility index (Phi) is 3.38. The molecule has 1 aliphatic heterocycles. The highest BCUT2D eigenvalue weighted by Gasteiger charge is 2.15. The van der Waals surface area contributed by atoms with Crippen LogP contribution in [0.4, 0.5) is 0 Å². The Morgan fingerprint density at radius 3 is 3.15 bits per heavy atom. The molecule has 13 heavy (non-hydrogen) atoms. The van der Waals surface area contributed by atoms with Crippen LogP contribution in [-0.4, -0.2) is 19.3 Å².